The second-order valence-corrected chi connectivity index (χ2v) is 6.73. The zero-order chi connectivity index (χ0) is 17.8. The fourth-order valence-electron chi connectivity index (χ4n) is 3.58. The number of aromatic carboxylic acids is 1. The molecule has 0 radical (unpaired) electrons. The van der Waals surface area contributed by atoms with Crippen LogP contribution in [0.2, 0.25) is 0 Å². The lowest BCUT2D eigenvalue weighted by Gasteiger charge is -2.33. The first-order valence-electron chi connectivity index (χ1n) is 8.76. The fraction of sp³-hybridized carbons (Fsp3) is 0.400. The number of nitrogens with zero attached hydrogens (tertiary/aromatic N) is 3. The topological polar surface area (TPSA) is 58.4 Å². The first kappa shape index (κ1) is 17.4. The van der Waals surface area contributed by atoms with Crippen LogP contribution in [-0.4, -0.2) is 38.8 Å². The number of piperidine rings is 1. The van der Waals surface area contributed by atoms with Gasteiger partial charge < -0.3 is 5.11 Å². The van der Waals surface area contributed by atoms with Gasteiger partial charge in [-0.2, -0.15) is 5.10 Å². The highest BCUT2D eigenvalue weighted by Crippen LogP contribution is 2.28. The molecule has 0 bridgehead atoms. The molecule has 0 aliphatic carbocycles. The maximum Gasteiger partial charge on any atom is 0.335 e. The summed E-state index contributed by atoms with van der Waals surface area (Å²) < 4.78 is 1.97. The normalized spacial score (nSPS) is 18.2. The Kier molecular flexibility index (Phi) is 5.34. The van der Waals surface area contributed by atoms with E-state index in [1.807, 2.05) is 35.2 Å². The van der Waals surface area contributed by atoms with E-state index in [0.29, 0.717) is 11.5 Å². The van der Waals surface area contributed by atoms with Gasteiger partial charge in [0.1, 0.15) is 0 Å². The predicted molar refractivity (Wildman–Crippen MR) is 97.8 cm³/mol. The Morgan fingerprint density at radius 3 is 3.08 bits per heavy atom. The van der Waals surface area contributed by atoms with Gasteiger partial charge in [0, 0.05) is 24.3 Å². The van der Waals surface area contributed by atoms with E-state index < -0.39 is 5.97 Å². The van der Waals surface area contributed by atoms with Gasteiger partial charge in [0.05, 0.1) is 18.3 Å². The lowest BCUT2D eigenvalue weighted by molar-refractivity contribution is 0.0696. The number of carbonyl (C=O) groups is 1. The van der Waals surface area contributed by atoms with Gasteiger partial charge in [0.25, 0.3) is 0 Å². The van der Waals surface area contributed by atoms with Gasteiger partial charge in [-0.1, -0.05) is 18.2 Å². The van der Waals surface area contributed by atoms with E-state index in [-0.39, 0.29) is 0 Å². The highest BCUT2D eigenvalue weighted by atomic mass is 16.4. The molecule has 0 saturated carbocycles. The first-order valence-corrected chi connectivity index (χ1v) is 8.76. The summed E-state index contributed by atoms with van der Waals surface area (Å²) in [7, 11) is 0. The number of carboxylic acid groups (broad SMARTS) is 1. The van der Waals surface area contributed by atoms with Crippen molar-refractivity contribution in [3.8, 4) is 0 Å². The van der Waals surface area contributed by atoms with Crippen molar-refractivity contribution in [3.63, 3.8) is 0 Å². The SMILES string of the molecule is C=CCn1ncc(CN2CCC[C@@H](c3cccc(C(=O)O)c3)C2)c1C. The Bertz CT molecular complexity index is 766. The first-order chi connectivity index (χ1) is 12.1. The van der Waals surface area contributed by atoms with Crippen LogP contribution in [0.1, 0.15) is 45.9 Å². The number of benzene rings is 1. The molecule has 5 heteroatoms. The van der Waals surface area contributed by atoms with Crippen molar-refractivity contribution in [3.05, 3.63) is 65.5 Å². The third-order valence-electron chi connectivity index (χ3n) is 5.01. The largest absolute Gasteiger partial charge is 0.478 e. The molecule has 5 nitrogen and oxygen atoms in total. The number of carboxylic acids is 1. The molecule has 1 saturated heterocycles. The third-order valence-corrected chi connectivity index (χ3v) is 5.01. The van der Waals surface area contributed by atoms with E-state index in [0.717, 1.165) is 44.6 Å². The van der Waals surface area contributed by atoms with Gasteiger partial charge >= 0.3 is 5.97 Å². The number of rotatable bonds is 6. The molecule has 1 fully saturated rings. The van der Waals surface area contributed by atoms with Gasteiger partial charge in [0.15, 0.2) is 0 Å². The minimum Gasteiger partial charge on any atom is -0.478 e. The second-order valence-electron chi connectivity index (χ2n) is 6.73. The van der Waals surface area contributed by atoms with E-state index in [1.54, 1.807) is 6.07 Å². The van der Waals surface area contributed by atoms with Crippen molar-refractivity contribution >= 4 is 5.97 Å². The molecule has 1 atom stereocenters. The van der Waals surface area contributed by atoms with Crippen molar-refractivity contribution in [1.82, 2.24) is 14.7 Å². The summed E-state index contributed by atoms with van der Waals surface area (Å²) in [5.41, 5.74) is 3.94. The van der Waals surface area contributed by atoms with E-state index in [1.165, 1.54) is 11.3 Å². The Morgan fingerprint density at radius 2 is 2.32 bits per heavy atom. The number of allylic oxidation sites excluding steroid dienone is 1. The van der Waals surface area contributed by atoms with E-state index in [2.05, 4.69) is 23.5 Å². The molecule has 1 aromatic heterocycles. The molecule has 0 amide bonds. The lowest BCUT2D eigenvalue weighted by atomic mass is 9.89. The second kappa shape index (κ2) is 7.66. The molecule has 0 unspecified atom stereocenters. The molecular formula is C20H25N3O2. The molecule has 2 heterocycles. The van der Waals surface area contributed by atoms with Crippen LogP contribution in [0.5, 0.6) is 0 Å². The average Bonchev–Trinajstić information content (AvgIpc) is 2.96. The smallest absolute Gasteiger partial charge is 0.335 e. The molecule has 132 valence electrons. The number of hydrogen-bond donors (Lipinski definition) is 1. The molecule has 1 aliphatic heterocycles. The fourth-order valence-corrected chi connectivity index (χ4v) is 3.58. The van der Waals surface area contributed by atoms with Crippen molar-refractivity contribution in [2.24, 2.45) is 0 Å². The van der Waals surface area contributed by atoms with Crippen LogP contribution < -0.4 is 0 Å². The maximum absolute atomic E-state index is 11.2. The predicted octanol–water partition coefficient (Wildman–Crippen LogP) is 3.46. The lowest BCUT2D eigenvalue weighted by Crippen LogP contribution is -2.34. The van der Waals surface area contributed by atoms with Gasteiger partial charge in [-0.15, -0.1) is 6.58 Å². The van der Waals surface area contributed by atoms with Crippen molar-refractivity contribution in [2.75, 3.05) is 13.1 Å². The highest BCUT2D eigenvalue weighted by molar-refractivity contribution is 5.87. The zero-order valence-electron chi connectivity index (χ0n) is 14.7. The molecule has 3 rings (SSSR count). The molecule has 1 aromatic carbocycles. The van der Waals surface area contributed by atoms with Crippen LogP contribution in [0.25, 0.3) is 0 Å². The maximum atomic E-state index is 11.2. The molecule has 2 aromatic rings. The van der Waals surface area contributed by atoms with Crippen LogP contribution in [0.3, 0.4) is 0 Å². The minimum atomic E-state index is -0.861. The van der Waals surface area contributed by atoms with E-state index in [4.69, 9.17) is 0 Å². The summed E-state index contributed by atoms with van der Waals surface area (Å²) in [6, 6.07) is 7.38. The van der Waals surface area contributed by atoms with Crippen molar-refractivity contribution in [2.45, 2.75) is 38.8 Å². The zero-order valence-corrected chi connectivity index (χ0v) is 14.7. The molecule has 1 aliphatic rings. The van der Waals surface area contributed by atoms with E-state index >= 15 is 0 Å². The molecular weight excluding hydrogens is 314 g/mol. The quantitative estimate of drug-likeness (QED) is 0.819. The van der Waals surface area contributed by atoms with Gasteiger partial charge in [0.2, 0.25) is 0 Å². The van der Waals surface area contributed by atoms with Crippen molar-refractivity contribution < 1.29 is 9.90 Å². The summed E-state index contributed by atoms with van der Waals surface area (Å²) in [6.07, 6.45) is 6.04. The molecule has 0 spiro atoms. The standard InChI is InChI=1S/C20H25N3O2/c1-3-9-23-15(2)19(12-21-23)14-22-10-5-8-18(13-22)16-6-4-7-17(11-16)20(24)25/h3-4,6-7,11-12,18H,1,5,8-10,13-14H2,2H3,(H,24,25)/t18-/m1/s1. The third kappa shape index (κ3) is 3.99. The van der Waals surface area contributed by atoms with E-state index in [9.17, 15) is 9.90 Å². The summed E-state index contributed by atoms with van der Waals surface area (Å²) in [4.78, 5) is 13.7. The Balaban J connectivity index is 1.70. The summed E-state index contributed by atoms with van der Waals surface area (Å²) in [5, 5.41) is 13.6. The van der Waals surface area contributed by atoms with Gasteiger partial charge in [-0.25, -0.2) is 4.79 Å². The van der Waals surface area contributed by atoms with Crippen LogP contribution in [0.15, 0.2) is 43.1 Å². The summed E-state index contributed by atoms with van der Waals surface area (Å²) in [6.45, 7) is 9.52. The van der Waals surface area contributed by atoms with Gasteiger partial charge in [-0.3, -0.25) is 9.58 Å². The number of aromatic nitrogens is 2. The summed E-state index contributed by atoms with van der Waals surface area (Å²) in [5.74, 6) is -0.476. The van der Waals surface area contributed by atoms with Crippen LogP contribution in [0.4, 0.5) is 0 Å². The summed E-state index contributed by atoms with van der Waals surface area (Å²) >= 11 is 0. The van der Waals surface area contributed by atoms with Gasteiger partial charge in [-0.05, 0) is 49.9 Å². The van der Waals surface area contributed by atoms with Crippen LogP contribution >= 0.6 is 0 Å². The number of hydrogen-bond acceptors (Lipinski definition) is 3. The average molecular weight is 339 g/mol. The Hall–Kier alpha value is -2.40. The monoisotopic (exact) mass is 339 g/mol. The van der Waals surface area contributed by atoms with Crippen LogP contribution in [0, 0.1) is 6.92 Å². The Labute approximate surface area is 148 Å². The number of likely N-dealkylation sites (tertiary alicyclic amines) is 1. The minimum absolute atomic E-state index is 0.371. The van der Waals surface area contributed by atoms with Crippen molar-refractivity contribution in [1.29, 1.82) is 0 Å². The van der Waals surface area contributed by atoms with Crippen LogP contribution in [-0.2, 0) is 13.1 Å². The molecule has 1 N–H and O–H groups in total. The highest BCUT2D eigenvalue weighted by Gasteiger charge is 2.23. The molecule has 25 heavy (non-hydrogen) atoms. The Morgan fingerprint density at radius 1 is 1.48 bits per heavy atom.